The highest BCUT2D eigenvalue weighted by Gasteiger charge is 2.05. The molecule has 1 heterocycles. The quantitative estimate of drug-likeness (QED) is 0.879. The summed E-state index contributed by atoms with van der Waals surface area (Å²) in [7, 11) is 1.50. The van der Waals surface area contributed by atoms with Crippen molar-refractivity contribution >= 4 is 17.4 Å². The molecule has 6 heteroatoms. The van der Waals surface area contributed by atoms with E-state index in [1.165, 1.54) is 13.3 Å². The molecule has 0 atom stereocenters. The van der Waals surface area contributed by atoms with Crippen molar-refractivity contribution in [3.05, 3.63) is 46.6 Å². The second-order valence-electron chi connectivity index (χ2n) is 3.88. The summed E-state index contributed by atoms with van der Waals surface area (Å²) in [5.74, 6) is 0.517. The molecule has 100 valence electrons. The summed E-state index contributed by atoms with van der Waals surface area (Å²) < 4.78 is 4.94. The molecule has 0 radical (unpaired) electrons. The van der Waals surface area contributed by atoms with Gasteiger partial charge in [0.05, 0.1) is 19.9 Å². The van der Waals surface area contributed by atoms with Gasteiger partial charge >= 0.3 is 6.01 Å². The summed E-state index contributed by atoms with van der Waals surface area (Å²) in [6, 6.07) is 7.89. The van der Waals surface area contributed by atoms with E-state index in [1.807, 2.05) is 24.3 Å². The summed E-state index contributed by atoms with van der Waals surface area (Å²) in [6.07, 6.45) is 1.49. The van der Waals surface area contributed by atoms with Crippen molar-refractivity contribution in [1.82, 2.24) is 9.97 Å². The molecule has 0 saturated carbocycles. The van der Waals surface area contributed by atoms with E-state index in [4.69, 9.17) is 21.4 Å². The van der Waals surface area contributed by atoms with Crippen molar-refractivity contribution in [3.8, 4) is 6.01 Å². The van der Waals surface area contributed by atoms with Crippen LogP contribution in [0.15, 0.2) is 30.5 Å². The van der Waals surface area contributed by atoms with Gasteiger partial charge in [-0.3, -0.25) is 0 Å². The third-order valence-corrected chi connectivity index (χ3v) is 2.82. The van der Waals surface area contributed by atoms with Crippen molar-refractivity contribution < 1.29 is 9.84 Å². The molecule has 0 unspecified atom stereocenters. The highest BCUT2D eigenvalue weighted by atomic mass is 35.5. The van der Waals surface area contributed by atoms with Gasteiger partial charge < -0.3 is 15.2 Å². The average molecular weight is 280 g/mol. The molecule has 19 heavy (non-hydrogen) atoms. The van der Waals surface area contributed by atoms with E-state index in [9.17, 15) is 0 Å². The molecule has 2 aromatic rings. The van der Waals surface area contributed by atoms with Crippen molar-refractivity contribution in [2.45, 2.75) is 13.2 Å². The fourth-order valence-electron chi connectivity index (χ4n) is 1.60. The van der Waals surface area contributed by atoms with E-state index in [2.05, 4.69) is 15.3 Å². The minimum Gasteiger partial charge on any atom is -0.467 e. The lowest BCUT2D eigenvalue weighted by Gasteiger charge is -2.09. The first-order valence-electron chi connectivity index (χ1n) is 5.72. The minimum absolute atomic E-state index is 0.0237. The average Bonchev–Trinajstić information content (AvgIpc) is 2.46. The van der Waals surface area contributed by atoms with Crippen LogP contribution in [0, 0.1) is 0 Å². The maximum Gasteiger partial charge on any atom is 0.318 e. The van der Waals surface area contributed by atoms with Gasteiger partial charge in [0, 0.05) is 6.54 Å². The van der Waals surface area contributed by atoms with E-state index in [1.54, 1.807) is 0 Å². The number of hydrogen-bond acceptors (Lipinski definition) is 5. The number of hydrogen-bond donors (Lipinski definition) is 2. The highest BCUT2D eigenvalue weighted by Crippen LogP contribution is 2.20. The monoisotopic (exact) mass is 279 g/mol. The van der Waals surface area contributed by atoms with Crippen LogP contribution in [0.5, 0.6) is 6.01 Å². The number of benzene rings is 1. The Morgan fingerprint density at radius 3 is 2.89 bits per heavy atom. The molecule has 2 rings (SSSR count). The molecule has 1 aromatic heterocycles. The smallest absolute Gasteiger partial charge is 0.318 e. The first-order valence-corrected chi connectivity index (χ1v) is 6.10. The highest BCUT2D eigenvalue weighted by molar-refractivity contribution is 6.32. The summed E-state index contributed by atoms with van der Waals surface area (Å²) in [5.41, 5.74) is 1.89. The molecule has 0 aliphatic heterocycles. The maximum atomic E-state index is 9.08. The van der Waals surface area contributed by atoms with E-state index < -0.39 is 0 Å². The molecular formula is C13H14ClN3O2. The lowest BCUT2D eigenvalue weighted by molar-refractivity contribution is 0.281. The second-order valence-corrected chi connectivity index (χ2v) is 4.29. The zero-order valence-electron chi connectivity index (χ0n) is 10.4. The Hall–Kier alpha value is -1.85. The minimum atomic E-state index is 0.0237. The molecule has 2 N–H and O–H groups in total. The van der Waals surface area contributed by atoms with Gasteiger partial charge in [0.1, 0.15) is 5.02 Å². The van der Waals surface area contributed by atoms with Crippen LogP contribution in [0.2, 0.25) is 5.02 Å². The lowest BCUT2D eigenvalue weighted by Crippen LogP contribution is -2.04. The third-order valence-electron chi connectivity index (χ3n) is 2.54. The summed E-state index contributed by atoms with van der Waals surface area (Å²) in [6.45, 7) is 0.573. The van der Waals surface area contributed by atoms with Crippen molar-refractivity contribution in [2.75, 3.05) is 12.4 Å². The standard InChI is InChI=1S/C13H14ClN3O2/c1-19-13-16-7-11(14)12(17-13)15-6-9-3-2-4-10(5-9)8-18/h2-5,7,18H,6,8H2,1H3,(H,15,16,17). The molecule has 0 saturated heterocycles. The van der Waals surface area contributed by atoms with E-state index in [0.717, 1.165) is 11.1 Å². The lowest BCUT2D eigenvalue weighted by atomic mass is 10.1. The molecule has 0 aliphatic carbocycles. The second kappa shape index (κ2) is 6.36. The number of halogens is 1. The number of rotatable bonds is 5. The largest absolute Gasteiger partial charge is 0.467 e. The topological polar surface area (TPSA) is 67.3 Å². The van der Waals surface area contributed by atoms with E-state index >= 15 is 0 Å². The van der Waals surface area contributed by atoms with Crippen LogP contribution in [0.1, 0.15) is 11.1 Å². The number of aliphatic hydroxyl groups excluding tert-OH is 1. The Bertz CT molecular complexity index is 563. The fourth-order valence-corrected chi connectivity index (χ4v) is 1.75. The van der Waals surface area contributed by atoms with Crippen molar-refractivity contribution in [2.24, 2.45) is 0 Å². The summed E-state index contributed by atoms with van der Waals surface area (Å²) in [4.78, 5) is 8.02. The van der Waals surface area contributed by atoms with Crippen LogP contribution in [0.25, 0.3) is 0 Å². The molecule has 5 nitrogen and oxygen atoms in total. The first kappa shape index (κ1) is 13.6. The predicted molar refractivity (Wildman–Crippen MR) is 73.3 cm³/mol. The van der Waals surface area contributed by atoms with Crippen LogP contribution in [0.3, 0.4) is 0 Å². The molecule has 1 aromatic carbocycles. The molecule has 0 fully saturated rings. The Morgan fingerprint density at radius 2 is 2.16 bits per heavy atom. The number of aliphatic hydroxyl groups is 1. The molecule has 0 bridgehead atoms. The van der Waals surface area contributed by atoms with Crippen LogP contribution in [0.4, 0.5) is 5.82 Å². The van der Waals surface area contributed by atoms with Gasteiger partial charge in [-0.25, -0.2) is 4.98 Å². The van der Waals surface area contributed by atoms with Gasteiger partial charge in [0.15, 0.2) is 5.82 Å². The van der Waals surface area contributed by atoms with Crippen LogP contribution in [-0.4, -0.2) is 22.2 Å². The number of anilines is 1. The predicted octanol–water partition coefficient (Wildman–Crippen LogP) is 2.24. The zero-order valence-corrected chi connectivity index (χ0v) is 11.2. The zero-order chi connectivity index (χ0) is 13.7. The Kier molecular flexibility index (Phi) is 4.54. The van der Waals surface area contributed by atoms with Gasteiger partial charge in [0.25, 0.3) is 0 Å². The van der Waals surface area contributed by atoms with Crippen LogP contribution >= 0.6 is 11.6 Å². The first-order chi connectivity index (χ1) is 9.22. The molecular weight excluding hydrogens is 266 g/mol. The van der Waals surface area contributed by atoms with Gasteiger partial charge in [-0.1, -0.05) is 35.9 Å². The van der Waals surface area contributed by atoms with Crippen molar-refractivity contribution in [1.29, 1.82) is 0 Å². The SMILES string of the molecule is COc1ncc(Cl)c(NCc2cccc(CO)c2)n1. The molecule has 0 aliphatic rings. The van der Waals surface area contributed by atoms with Gasteiger partial charge in [-0.15, -0.1) is 0 Å². The molecule has 0 amide bonds. The normalized spacial score (nSPS) is 10.3. The van der Waals surface area contributed by atoms with Gasteiger partial charge in [0.2, 0.25) is 0 Å². The molecule has 0 spiro atoms. The van der Waals surface area contributed by atoms with E-state index in [-0.39, 0.29) is 12.6 Å². The summed E-state index contributed by atoms with van der Waals surface area (Å²) in [5, 5.41) is 12.6. The van der Waals surface area contributed by atoms with Crippen LogP contribution in [-0.2, 0) is 13.2 Å². The number of nitrogens with zero attached hydrogens (tertiary/aromatic N) is 2. The van der Waals surface area contributed by atoms with Gasteiger partial charge in [-0.2, -0.15) is 4.98 Å². The maximum absolute atomic E-state index is 9.08. The Morgan fingerprint density at radius 1 is 1.37 bits per heavy atom. The van der Waals surface area contributed by atoms with Crippen LogP contribution < -0.4 is 10.1 Å². The Labute approximate surface area is 116 Å². The number of nitrogens with one attached hydrogen (secondary N) is 1. The van der Waals surface area contributed by atoms with Crippen molar-refractivity contribution in [3.63, 3.8) is 0 Å². The Balaban J connectivity index is 2.09. The number of aromatic nitrogens is 2. The summed E-state index contributed by atoms with van der Waals surface area (Å²) >= 11 is 5.99. The van der Waals surface area contributed by atoms with E-state index in [0.29, 0.717) is 17.4 Å². The third kappa shape index (κ3) is 3.56. The van der Waals surface area contributed by atoms with Gasteiger partial charge in [-0.05, 0) is 11.1 Å². The fraction of sp³-hybridized carbons (Fsp3) is 0.231. The number of ether oxygens (including phenoxy) is 1. The number of methoxy groups -OCH3 is 1.